The molecule has 0 atom stereocenters. The highest BCUT2D eigenvalue weighted by Gasteiger charge is 2.15. The van der Waals surface area contributed by atoms with Crippen LogP contribution < -0.4 is 4.87 Å². The number of hydrogen-bond donors (Lipinski definition) is 0. The number of fused-ring (bicyclic) bond motifs is 1. The molecule has 2 aromatic heterocycles. The molecule has 0 saturated heterocycles. The second-order valence-electron chi connectivity index (χ2n) is 5.91. The highest BCUT2D eigenvalue weighted by Crippen LogP contribution is 2.31. The Balaban J connectivity index is 1.91. The third-order valence-corrected chi connectivity index (χ3v) is 5.62. The molecule has 2 heterocycles. The molecule has 3 nitrogen and oxygen atoms in total. The van der Waals surface area contributed by atoms with Crippen molar-refractivity contribution in [2.45, 2.75) is 13.5 Å². The van der Waals surface area contributed by atoms with Gasteiger partial charge in [0.1, 0.15) is 0 Å². The first-order valence-electron chi connectivity index (χ1n) is 7.92. The standard InChI is InChI=1S/C20H15BrN2OS/c1-13-11-17(15-7-9-16(21)10-8-15)18-19(22-13)23(20(24)25-18)12-14-5-3-2-4-6-14/h2-11H,12H2,1H3. The Kier molecular flexibility index (Phi) is 4.27. The zero-order valence-corrected chi connectivity index (χ0v) is 16.0. The third kappa shape index (κ3) is 3.17. The number of rotatable bonds is 3. The summed E-state index contributed by atoms with van der Waals surface area (Å²) in [5.41, 5.74) is 4.91. The van der Waals surface area contributed by atoms with Crippen LogP contribution in [-0.4, -0.2) is 9.55 Å². The maximum absolute atomic E-state index is 12.6. The van der Waals surface area contributed by atoms with Crippen molar-refractivity contribution >= 4 is 37.6 Å². The number of thiazole rings is 1. The molecule has 4 aromatic rings. The van der Waals surface area contributed by atoms with Crippen molar-refractivity contribution in [2.75, 3.05) is 0 Å². The van der Waals surface area contributed by atoms with Gasteiger partial charge in [0, 0.05) is 15.7 Å². The molecule has 0 unspecified atom stereocenters. The molecule has 0 N–H and O–H groups in total. The number of pyridine rings is 1. The molecule has 0 spiro atoms. The quantitative estimate of drug-likeness (QED) is 0.462. The summed E-state index contributed by atoms with van der Waals surface area (Å²) in [5.74, 6) is 0. The van der Waals surface area contributed by atoms with Gasteiger partial charge in [-0.15, -0.1) is 0 Å². The lowest BCUT2D eigenvalue weighted by Gasteiger charge is -2.07. The maximum Gasteiger partial charge on any atom is 0.309 e. The summed E-state index contributed by atoms with van der Waals surface area (Å²) < 4.78 is 3.74. The summed E-state index contributed by atoms with van der Waals surface area (Å²) in [6, 6.07) is 20.2. The van der Waals surface area contributed by atoms with E-state index in [0.717, 1.165) is 37.2 Å². The molecular formula is C20H15BrN2OS. The molecule has 0 aliphatic rings. The second kappa shape index (κ2) is 6.58. The average molecular weight is 411 g/mol. The van der Waals surface area contributed by atoms with Gasteiger partial charge in [-0.3, -0.25) is 9.36 Å². The van der Waals surface area contributed by atoms with Crippen molar-refractivity contribution in [3.05, 3.63) is 86.1 Å². The molecule has 0 radical (unpaired) electrons. The number of benzene rings is 2. The summed E-state index contributed by atoms with van der Waals surface area (Å²) in [7, 11) is 0. The lowest BCUT2D eigenvalue weighted by molar-refractivity contribution is 0.803. The van der Waals surface area contributed by atoms with E-state index in [9.17, 15) is 4.79 Å². The first-order chi connectivity index (χ1) is 12.1. The van der Waals surface area contributed by atoms with Crippen LogP contribution in [0.15, 0.2) is 69.9 Å². The van der Waals surface area contributed by atoms with Gasteiger partial charge in [0.2, 0.25) is 0 Å². The van der Waals surface area contributed by atoms with Gasteiger partial charge >= 0.3 is 4.87 Å². The Morgan fingerprint density at radius 2 is 1.80 bits per heavy atom. The van der Waals surface area contributed by atoms with Crippen LogP contribution in [0.4, 0.5) is 0 Å². The lowest BCUT2D eigenvalue weighted by atomic mass is 10.1. The SMILES string of the molecule is Cc1cc(-c2ccc(Br)cc2)c2sc(=O)n(Cc3ccccc3)c2n1. The summed E-state index contributed by atoms with van der Waals surface area (Å²) in [5, 5.41) is 0. The van der Waals surface area contributed by atoms with Gasteiger partial charge in [-0.1, -0.05) is 69.7 Å². The Morgan fingerprint density at radius 1 is 1.08 bits per heavy atom. The minimum atomic E-state index is 0.0234. The van der Waals surface area contributed by atoms with Gasteiger partial charge in [-0.2, -0.15) is 0 Å². The zero-order chi connectivity index (χ0) is 17.4. The molecule has 4 rings (SSSR count). The summed E-state index contributed by atoms with van der Waals surface area (Å²) >= 11 is 4.74. The fraction of sp³-hybridized carbons (Fsp3) is 0.100. The molecule has 0 fully saturated rings. The van der Waals surface area contributed by atoms with E-state index in [1.807, 2.05) is 55.5 Å². The Hall–Kier alpha value is -2.24. The average Bonchev–Trinajstić information content (AvgIpc) is 2.92. The minimum absolute atomic E-state index is 0.0234. The monoisotopic (exact) mass is 410 g/mol. The first-order valence-corrected chi connectivity index (χ1v) is 9.53. The van der Waals surface area contributed by atoms with Crippen molar-refractivity contribution in [3.63, 3.8) is 0 Å². The van der Waals surface area contributed by atoms with E-state index >= 15 is 0 Å². The Labute approximate surface area is 157 Å². The van der Waals surface area contributed by atoms with Crippen LogP contribution >= 0.6 is 27.3 Å². The molecule has 5 heteroatoms. The van der Waals surface area contributed by atoms with E-state index in [0.29, 0.717) is 6.54 Å². The third-order valence-electron chi connectivity index (χ3n) is 4.09. The van der Waals surface area contributed by atoms with Gasteiger partial charge in [0.25, 0.3) is 0 Å². The number of halogens is 1. The van der Waals surface area contributed by atoms with Gasteiger partial charge in [-0.25, -0.2) is 4.98 Å². The summed E-state index contributed by atoms with van der Waals surface area (Å²) in [6.07, 6.45) is 0. The molecule has 0 saturated carbocycles. The molecule has 25 heavy (non-hydrogen) atoms. The number of hydrogen-bond acceptors (Lipinski definition) is 3. The van der Waals surface area contributed by atoms with E-state index in [-0.39, 0.29) is 4.87 Å². The molecule has 124 valence electrons. The Bertz CT molecular complexity index is 1100. The van der Waals surface area contributed by atoms with Crippen LogP contribution in [0.5, 0.6) is 0 Å². The molecule has 0 bridgehead atoms. The van der Waals surface area contributed by atoms with Crippen LogP contribution in [-0.2, 0) is 6.54 Å². The number of nitrogens with zero attached hydrogens (tertiary/aromatic N) is 2. The lowest BCUT2D eigenvalue weighted by Crippen LogP contribution is -2.14. The van der Waals surface area contributed by atoms with E-state index < -0.39 is 0 Å². The number of aryl methyl sites for hydroxylation is 1. The fourth-order valence-corrected chi connectivity index (χ4v) is 4.14. The van der Waals surface area contributed by atoms with E-state index in [1.165, 1.54) is 11.3 Å². The van der Waals surface area contributed by atoms with Crippen molar-refractivity contribution in [1.82, 2.24) is 9.55 Å². The smallest absolute Gasteiger partial charge is 0.279 e. The van der Waals surface area contributed by atoms with E-state index in [1.54, 1.807) is 4.57 Å². The second-order valence-corrected chi connectivity index (χ2v) is 7.79. The van der Waals surface area contributed by atoms with Gasteiger partial charge < -0.3 is 0 Å². The molecule has 2 aromatic carbocycles. The van der Waals surface area contributed by atoms with E-state index in [2.05, 4.69) is 33.0 Å². The van der Waals surface area contributed by atoms with Crippen LogP contribution in [0.2, 0.25) is 0 Å². The van der Waals surface area contributed by atoms with Gasteiger partial charge in [0.15, 0.2) is 5.65 Å². The van der Waals surface area contributed by atoms with Crippen molar-refractivity contribution < 1.29 is 0 Å². The zero-order valence-electron chi connectivity index (χ0n) is 13.6. The van der Waals surface area contributed by atoms with Gasteiger partial charge in [0.05, 0.1) is 11.2 Å². The normalized spacial score (nSPS) is 11.1. The predicted molar refractivity (Wildman–Crippen MR) is 107 cm³/mol. The van der Waals surface area contributed by atoms with Crippen LogP contribution in [0.25, 0.3) is 21.5 Å². The Morgan fingerprint density at radius 3 is 2.52 bits per heavy atom. The first kappa shape index (κ1) is 16.2. The van der Waals surface area contributed by atoms with Crippen molar-refractivity contribution in [1.29, 1.82) is 0 Å². The summed E-state index contributed by atoms with van der Waals surface area (Å²) in [4.78, 5) is 17.3. The van der Waals surface area contributed by atoms with Crippen LogP contribution in [0, 0.1) is 6.92 Å². The topological polar surface area (TPSA) is 34.9 Å². The van der Waals surface area contributed by atoms with E-state index in [4.69, 9.17) is 0 Å². The van der Waals surface area contributed by atoms with Crippen molar-refractivity contribution in [3.8, 4) is 11.1 Å². The number of aromatic nitrogens is 2. The highest BCUT2D eigenvalue weighted by molar-refractivity contribution is 9.10. The van der Waals surface area contributed by atoms with Gasteiger partial charge in [-0.05, 0) is 36.2 Å². The highest BCUT2D eigenvalue weighted by atomic mass is 79.9. The molecular weight excluding hydrogens is 396 g/mol. The van der Waals surface area contributed by atoms with Crippen molar-refractivity contribution in [2.24, 2.45) is 0 Å². The van der Waals surface area contributed by atoms with Crippen LogP contribution in [0.3, 0.4) is 0 Å². The maximum atomic E-state index is 12.6. The molecule has 0 aliphatic carbocycles. The molecule has 0 amide bonds. The predicted octanol–water partition coefficient (Wildman–Crippen LogP) is 5.24. The van der Waals surface area contributed by atoms with Crippen LogP contribution in [0.1, 0.15) is 11.3 Å². The molecule has 0 aliphatic heterocycles. The largest absolute Gasteiger partial charge is 0.309 e. The summed E-state index contributed by atoms with van der Waals surface area (Å²) in [6.45, 7) is 2.51. The minimum Gasteiger partial charge on any atom is -0.279 e. The fourth-order valence-electron chi connectivity index (χ4n) is 2.91.